The third-order valence-corrected chi connectivity index (χ3v) is 9.06. The quantitative estimate of drug-likeness (QED) is 0.243. The molecule has 0 saturated heterocycles. The number of benzene rings is 2. The first-order valence-corrected chi connectivity index (χ1v) is 18.0. The summed E-state index contributed by atoms with van der Waals surface area (Å²) in [6.45, 7) is 2.61. The van der Waals surface area contributed by atoms with Crippen LogP contribution in [0.5, 0.6) is 0 Å². The summed E-state index contributed by atoms with van der Waals surface area (Å²) in [7, 11) is -4.06. The average molecular weight is 724 g/mol. The van der Waals surface area contributed by atoms with E-state index >= 15 is 0 Å². The first-order chi connectivity index (χ1) is 24.3. The van der Waals surface area contributed by atoms with E-state index in [9.17, 15) is 32.0 Å². The number of hydrogen-bond donors (Lipinski definition) is 3. The molecule has 17 heteroatoms. The largest absolute Gasteiger partial charge is 0.446 e. The lowest BCUT2D eigenvalue weighted by Gasteiger charge is -2.27. The van der Waals surface area contributed by atoms with E-state index < -0.39 is 58.1 Å². The molecule has 0 spiro atoms. The molecule has 5 rings (SSSR count). The molecular formula is C34H38FN7O8S. The zero-order valence-corrected chi connectivity index (χ0v) is 29.0. The van der Waals surface area contributed by atoms with Gasteiger partial charge in [-0.2, -0.15) is 0 Å². The number of carbonyl (C=O) groups excluding carboxylic acids is 4. The molecule has 4 bridgehead atoms. The monoisotopic (exact) mass is 723 g/mol. The molecule has 270 valence electrons. The second-order valence-electron chi connectivity index (χ2n) is 12.5. The van der Waals surface area contributed by atoms with Crippen molar-refractivity contribution in [1.82, 2.24) is 31.0 Å². The van der Waals surface area contributed by atoms with Crippen molar-refractivity contribution in [3.8, 4) is 0 Å². The summed E-state index contributed by atoms with van der Waals surface area (Å²) in [5.41, 5.74) is 0.477. The highest BCUT2D eigenvalue weighted by atomic mass is 32.2. The molecule has 2 aromatic heterocycles. The van der Waals surface area contributed by atoms with Crippen LogP contribution in [-0.4, -0.2) is 79.0 Å². The van der Waals surface area contributed by atoms with E-state index in [2.05, 4.69) is 26.1 Å². The zero-order chi connectivity index (χ0) is 36.7. The van der Waals surface area contributed by atoms with E-state index in [0.29, 0.717) is 6.42 Å². The van der Waals surface area contributed by atoms with Gasteiger partial charge in [0.15, 0.2) is 17.1 Å². The highest BCUT2D eigenvalue weighted by Crippen LogP contribution is 2.23. The van der Waals surface area contributed by atoms with Gasteiger partial charge in [0, 0.05) is 25.6 Å². The van der Waals surface area contributed by atoms with Crippen molar-refractivity contribution in [3.05, 3.63) is 101 Å². The molecule has 15 nitrogen and oxygen atoms in total. The summed E-state index contributed by atoms with van der Waals surface area (Å²) in [5.74, 6) is -3.07. The second-order valence-corrected chi connectivity index (χ2v) is 14.4. The molecule has 2 aromatic carbocycles. The van der Waals surface area contributed by atoms with Crippen molar-refractivity contribution in [2.45, 2.75) is 45.3 Å². The Kier molecular flexibility index (Phi) is 11.5. The van der Waals surface area contributed by atoms with Crippen molar-refractivity contribution in [3.63, 3.8) is 0 Å². The lowest BCUT2D eigenvalue weighted by molar-refractivity contribution is -0.131. The molecule has 1 aliphatic heterocycles. The number of nitrogens with zero attached hydrogens (tertiary/aromatic N) is 4. The Morgan fingerprint density at radius 1 is 1.02 bits per heavy atom. The van der Waals surface area contributed by atoms with Gasteiger partial charge >= 0.3 is 0 Å². The highest BCUT2D eigenvalue weighted by Gasteiger charge is 2.30. The van der Waals surface area contributed by atoms with Gasteiger partial charge in [0.1, 0.15) is 30.7 Å². The maximum atomic E-state index is 14.1. The summed E-state index contributed by atoms with van der Waals surface area (Å²) in [6, 6.07) is 13.3. The van der Waals surface area contributed by atoms with E-state index in [4.69, 9.17) is 8.94 Å². The summed E-state index contributed by atoms with van der Waals surface area (Å²) < 4.78 is 51.3. The molecule has 1 aliphatic rings. The number of aromatic nitrogens is 2. The topological polar surface area (TPSA) is 197 Å². The molecule has 0 radical (unpaired) electrons. The number of carbonyl (C=O) groups is 4. The first kappa shape index (κ1) is 36.7. The fourth-order valence-corrected chi connectivity index (χ4v) is 6.28. The molecular weight excluding hydrogens is 685 g/mol. The molecule has 0 unspecified atom stereocenters. The van der Waals surface area contributed by atoms with Gasteiger partial charge < -0.3 is 29.8 Å². The SMILES string of the molecule is CC(C)C[C@H]1NC(=O)c2cc(on2)CN(C(=O)CN(c2cccc(F)c2)S(C)(=O)=O)CCNC(=O)[C@H](Cc2ccccc2)NC(=O)c2coc1n2. The Balaban J connectivity index is 1.47. The van der Waals surface area contributed by atoms with E-state index in [0.717, 1.165) is 34.5 Å². The number of rotatable bonds is 8. The number of nitrogens with one attached hydrogen (secondary N) is 3. The minimum atomic E-state index is -4.06. The molecule has 4 amide bonds. The maximum Gasteiger partial charge on any atom is 0.274 e. The van der Waals surface area contributed by atoms with E-state index in [1.807, 2.05) is 19.9 Å². The number of amides is 4. The predicted octanol–water partition coefficient (Wildman–Crippen LogP) is 2.58. The van der Waals surface area contributed by atoms with E-state index in [-0.39, 0.29) is 60.7 Å². The van der Waals surface area contributed by atoms with Crippen LogP contribution < -0.4 is 20.3 Å². The van der Waals surface area contributed by atoms with Crippen molar-refractivity contribution >= 4 is 39.3 Å². The van der Waals surface area contributed by atoms with Gasteiger partial charge in [0.25, 0.3) is 11.8 Å². The third kappa shape index (κ3) is 9.78. The predicted molar refractivity (Wildman–Crippen MR) is 181 cm³/mol. The van der Waals surface area contributed by atoms with Crippen molar-refractivity contribution in [2.24, 2.45) is 5.92 Å². The van der Waals surface area contributed by atoms with Gasteiger partial charge in [-0.05, 0) is 36.1 Å². The van der Waals surface area contributed by atoms with Crippen LogP contribution in [0.2, 0.25) is 0 Å². The van der Waals surface area contributed by atoms with Crippen LogP contribution in [0.4, 0.5) is 10.1 Å². The second kappa shape index (κ2) is 16.0. The van der Waals surface area contributed by atoms with Gasteiger partial charge in [-0.15, -0.1) is 0 Å². The molecule has 0 aliphatic carbocycles. The van der Waals surface area contributed by atoms with Crippen LogP contribution in [-0.2, 0) is 32.6 Å². The summed E-state index contributed by atoms with van der Waals surface area (Å²) in [5, 5.41) is 12.1. The van der Waals surface area contributed by atoms with E-state index in [1.165, 1.54) is 23.1 Å². The fourth-order valence-electron chi connectivity index (χ4n) is 5.43. The molecule has 0 saturated carbocycles. The normalized spacial score (nSPS) is 17.6. The molecule has 3 heterocycles. The molecule has 0 fully saturated rings. The summed E-state index contributed by atoms with van der Waals surface area (Å²) in [6.07, 6.45) is 2.55. The zero-order valence-electron chi connectivity index (χ0n) is 28.2. The average Bonchev–Trinajstić information content (AvgIpc) is 3.76. The van der Waals surface area contributed by atoms with Crippen LogP contribution in [0.1, 0.15) is 64.5 Å². The van der Waals surface area contributed by atoms with Crippen LogP contribution in [0.3, 0.4) is 0 Å². The van der Waals surface area contributed by atoms with Crippen LogP contribution in [0.15, 0.2) is 75.9 Å². The Labute approximate surface area is 293 Å². The van der Waals surface area contributed by atoms with Gasteiger partial charge in [-0.25, -0.2) is 17.8 Å². The molecule has 3 N–H and O–H groups in total. The van der Waals surface area contributed by atoms with Crippen LogP contribution >= 0.6 is 0 Å². The van der Waals surface area contributed by atoms with Gasteiger partial charge in [-0.1, -0.05) is 55.4 Å². The number of hydrogen-bond acceptors (Lipinski definition) is 10. The smallest absolute Gasteiger partial charge is 0.274 e. The number of sulfonamides is 1. The van der Waals surface area contributed by atoms with Gasteiger partial charge in [0.2, 0.25) is 27.7 Å². The Bertz CT molecular complexity index is 1980. The maximum absolute atomic E-state index is 14.1. The molecule has 2 atom stereocenters. The minimum absolute atomic E-state index is 0.0627. The Morgan fingerprint density at radius 2 is 1.75 bits per heavy atom. The molecule has 4 aromatic rings. The van der Waals surface area contributed by atoms with Crippen molar-refractivity contribution < 1.29 is 40.9 Å². The molecule has 51 heavy (non-hydrogen) atoms. The lowest BCUT2D eigenvalue weighted by Crippen LogP contribution is -2.50. The first-order valence-electron chi connectivity index (χ1n) is 16.1. The van der Waals surface area contributed by atoms with Crippen LogP contribution in [0, 0.1) is 11.7 Å². The Morgan fingerprint density at radius 3 is 2.45 bits per heavy atom. The third-order valence-electron chi connectivity index (χ3n) is 7.92. The lowest BCUT2D eigenvalue weighted by atomic mass is 10.0. The summed E-state index contributed by atoms with van der Waals surface area (Å²) >= 11 is 0. The minimum Gasteiger partial charge on any atom is -0.446 e. The van der Waals surface area contributed by atoms with Crippen LogP contribution in [0.25, 0.3) is 0 Å². The Hall–Kier alpha value is -5.58. The van der Waals surface area contributed by atoms with Gasteiger partial charge in [-0.3, -0.25) is 23.5 Å². The highest BCUT2D eigenvalue weighted by molar-refractivity contribution is 7.92. The van der Waals surface area contributed by atoms with Crippen molar-refractivity contribution in [1.29, 1.82) is 0 Å². The standard InChI is InChI=1S/C34H38FN7O8S/c1-21(2)14-28-34-39-29(20-49-34)33(46)37-26(15-22-8-5-4-6-9-22)31(44)36-12-13-41(18-25-17-27(40-50-25)32(45)38-28)30(43)19-42(51(3,47)48)24-11-7-10-23(35)16-24/h4-11,16-17,20-21,26,28H,12-15,18-19H2,1-3H3,(H,36,44)(H,37,46)(H,38,45)/t26-,28+/m0/s1. The number of halogens is 1. The fraction of sp³-hybridized carbons (Fsp3) is 0.353. The van der Waals surface area contributed by atoms with Crippen molar-refractivity contribution in [2.75, 3.05) is 30.2 Å². The summed E-state index contributed by atoms with van der Waals surface area (Å²) in [4.78, 5) is 59.5. The number of fused-ring (bicyclic) bond motifs is 4. The number of anilines is 1. The van der Waals surface area contributed by atoms with E-state index in [1.54, 1.807) is 24.3 Å². The van der Waals surface area contributed by atoms with Gasteiger partial charge in [0.05, 0.1) is 18.5 Å². The number of oxazole rings is 1.